The zero-order valence-electron chi connectivity index (χ0n) is 9.79. The van der Waals surface area contributed by atoms with Crippen LogP contribution in [0, 0.1) is 5.82 Å². The molecular formula is C14H10FNO3. The Bertz CT molecular complexity index is 611. The zero-order valence-corrected chi connectivity index (χ0v) is 9.79. The van der Waals surface area contributed by atoms with Gasteiger partial charge in [0.1, 0.15) is 17.3 Å². The summed E-state index contributed by atoms with van der Waals surface area (Å²) in [4.78, 5) is 14.4. The van der Waals surface area contributed by atoms with Crippen LogP contribution in [0.25, 0.3) is 6.08 Å². The molecule has 0 unspecified atom stereocenters. The van der Waals surface area contributed by atoms with Crippen LogP contribution in [-0.2, 0) is 4.79 Å². The largest absolute Gasteiger partial charge is 0.478 e. The molecule has 19 heavy (non-hydrogen) atoms. The fourth-order valence-electron chi connectivity index (χ4n) is 1.46. The Kier molecular flexibility index (Phi) is 3.87. The summed E-state index contributed by atoms with van der Waals surface area (Å²) in [6.07, 6.45) is 5.08. The van der Waals surface area contributed by atoms with Crippen molar-refractivity contribution in [3.63, 3.8) is 0 Å². The summed E-state index contributed by atoms with van der Waals surface area (Å²) >= 11 is 0. The smallest absolute Gasteiger partial charge is 0.328 e. The highest BCUT2D eigenvalue weighted by Gasteiger charge is 2.08. The van der Waals surface area contributed by atoms with Crippen molar-refractivity contribution >= 4 is 12.0 Å². The highest BCUT2D eigenvalue weighted by molar-refractivity contribution is 5.86. The highest BCUT2D eigenvalue weighted by atomic mass is 19.1. The van der Waals surface area contributed by atoms with Crippen LogP contribution in [0.2, 0.25) is 0 Å². The summed E-state index contributed by atoms with van der Waals surface area (Å²) in [5.41, 5.74) is 0.0775. The van der Waals surface area contributed by atoms with Crippen LogP contribution in [0.1, 0.15) is 5.56 Å². The number of benzene rings is 1. The minimum absolute atomic E-state index is 0.0775. The second kappa shape index (κ2) is 5.77. The van der Waals surface area contributed by atoms with Crippen LogP contribution in [0.5, 0.6) is 11.5 Å². The number of pyridine rings is 1. The lowest BCUT2D eigenvalue weighted by molar-refractivity contribution is -0.131. The van der Waals surface area contributed by atoms with Gasteiger partial charge in [0.2, 0.25) is 0 Å². The Balaban J connectivity index is 2.35. The van der Waals surface area contributed by atoms with Crippen LogP contribution < -0.4 is 4.74 Å². The second-order valence-corrected chi connectivity index (χ2v) is 3.61. The predicted octanol–water partition coefficient (Wildman–Crippen LogP) is 3.11. The summed E-state index contributed by atoms with van der Waals surface area (Å²) in [5, 5.41) is 8.59. The number of halogens is 1. The van der Waals surface area contributed by atoms with E-state index in [0.29, 0.717) is 5.75 Å². The number of carbonyl (C=O) groups is 1. The topological polar surface area (TPSA) is 59.4 Å². The first-order valence-electron chi connectivity index (χ1n) is 5.44. The van der Waals surface area contributed by atoms with Crippen molar-refractivity contribution in [2.75, 3.05) is 0 Å². The Hall–Kier alpha value is -2.69. The second-order valence-electron chi connectivity index (χ2n) is 3.61. The van der Waals surface area contributed by atoms with Crippen LogP contribution in [0.4, 0.5) is 4.39 Å². The Morgan fingerprint density at radius 3 is 2.84 bits per heavy atom. The summed E-state index contributed by atoms with van der Waals surface area (Å²) in [5.74, 6) is -1.04. The molecule has 0 radical (unpaired) electrons. The number of nitrogens with zero attached hydrogens (tertiary/aromatic N) is 1. The maximum atomic E-state index is 13.7. The quantitative estimate of drug-likeness (QED) is 0.857. The van der Waals surface area contributed by atoms with Crippen molar-refractivity contribution in [2.45, 2.75) is 0 Å². The number of ether oxygens (including phenoxy) is 1. The van der Waals surface area contributed by atoms with Crippen molar-refractivity contribution in [3.8, 4) is 11.5 Å². The number of carboxylic acid groups (broad SMARTS) is 1. The van der Waals surface area contributed by atoms with Gasteiger partial charge in [-0.1, -0.05) is 6.07 Å². The van der Waals surface area contributed by atoms with Gasteiger partial charge in [0.25, 0.3) is 0 Å². The molecule has 0 saturated carbocycles. The number of hydrogen-bond donors (Lipinski definition) is 1. The van der Waals surface area contributed by atoms with E-state index in [9.17, 15) is 9.18 Å². The molecule has 96 valence electrons. The van der Waals surface area contributed by atoms with Gasteiger partial charge in [0.05, 0.1) is 11.8 Å². The predicted molar refractivity (Wildman–Crippen MR) is 67.4 cm³/mol. The van der Waals surface area contributed by atoms with Crippen LogP contribution in [-0.4, -0.2) is 16.1 Å². The van der Waals surface area contributed by atoms with E-state index in [4.69, 9.17) is 9.84 Å². The molecule has 5 heteroatoms. The zero-order chi connectivity index (χ0) is 13.7. The fourth-order valence-corrected chi connectivity index (χ4v) is 1.46. The molecule has 0 aliphatic rings. The van der Waals surface area contributed by atoms with Crippen LogP contribution in [0.3, 0.4) is 0 Å². The lowest BCUT2D eigenvalue weighted by Crippen LogP contribution is -1.92. The summed E-state index contributed by atoms with van der Waals surface area (Å²) in [7, 11) is 0. The Morgan fingerprint density at radius 1 is 1.32 bits per heavy atom. The van der Waals surface area contributed by atoms with Gasteiger partial charge in [-0.05, 0) is 30.3 Å². The van der Waals surface area contributed by atoms with E-state index in [1.54, 1.807) is 24.4 Å². The van der Waals surface area contributed by atoms with E-state index in [0.717, 1.165) is 12.2 Å². The normalized spacial score (nSPS) is 10.6. The molecule has 2 aromatic rings. The molecule has 2 rings (SSSR count). The van der Waals surface area contributed by atoms with Crippen LogP contribution >= 0.6 is 0 Å². The molecule has 1 heterocycles. The Labute approximate surface area is 108 Å². The third-order valence-corrected chi connectivity index (χ3v) is 2.27. The van der Waals surface area contributed by atoms with E-state index >= 15 is 0 Å². The minimum atomic E-state index is -1.16. The monoisotopic (exact) mass is 259 g/mol. The van der Waals surface area contributed by atoms with Gasteiger partial charge >= 0.3 is 5.97 Å². The van der Waals surface area contributed by atoms with Crippen molar-refractivity contribution in [1.82, 2.24) is 4.98 Å². The van der Waals surface area contributed by atoms with Gasteiger partial charge in [0.15, 0.2) is 0 Å². The van der Waals surface area contributed by atoms with Crippen LogP contribution in [0.15, 0.2) is 48.8 Å². The number of aliphatic carboxylic acids is 1. The summed E-state index contributed by atoms with van der Waals surface area (Å²) in [6, 6.07) is 7.62. The molecule has 0 atom stereocenters. The first-order chi connectivity index (χ1) is 9.16. The molecule has 0 bridgehead atoms. The average Bonchev–Trinajstić information content (AvgIpc) is 2.39. The molecule has 0 aliphatic carbocycles. The maximum Gasteiger partial charge on any atom is 0.328 e. The van der Waals surface area contributed by atoms with Gasteiger partial charge in [-0.2, -0.15) is 0 Å². The van der Waals surface area contributed by atoms with E-state index in [2.05, 4.69) is 4.98 Å². The van der Waals surface area contributed by atoms with Gasteiger partial charge < -0.3 is 9.84 Å². The highest BCUT2D eigenvalue weighted by Crippen LogP contribution is 2.27. The minimum Gasteiger partial charge on any atom is -0.478 e. The van der Waals surface area contributed by atoms with E-state index in [1.165, 1.54) is 18.3 Å². The molecule has 4 nitrogen and oxygen atoms in total. The molecule has 0 saturated heterocycles. The van der Waals surface area contributed by atoms with E-state index in [-0.39, 0.29) is 11.3 Å². The first kappa shape index (κ1) is 12.8. The molecular weight excluding hydrogens is 249 g/mol. The van der Waals surface area contributed by atoms with Gasteiger partial charge in [-0.25, -0.2) is 9.18 Å². The average molecular weight is 259 g/mol. The Morgan fingerprint density at radius 2 is 2.16 bits per heavy atom. The van der Waals surface area contributed by atoms with Gasteiger partial charge in [-0.15, -0.1) is 0 Å². The number of aromatic nitrogens is 1. The third-order valence-electron chi connectivity index (χ3n) is 2.27. The lowest BCUT2D eigenvalue weighted by Gasteiger charge is -2.08. The molecule has 1 aromatic heterocycles. The summed E-state index contributed by atoms with van der Waals surface area (Å²) < 4.78 is 19.1. The summed E-state index contributed by atoms with van der Waals surface area (Å²) in [6.45, 7) is 0. The van der Waals surface area contributed by atoms with Crippen molar-refractivity contribution in [3.05, 3.63) is 60.2 Å². The fraction of sp³-hybridized carbons (Fsp3) is 0. The lowest BCUT2D eigenvalue weighted by atomic mass is 10.1. The molecule has 0 aliphatic heterocycles. The van der Waals surface area contributed by atoms with Crippen molar-refractivity contribution < 1.29 is 19.0 Å². The SMILES string of the molecule is O=C(O)/C=C/c1c(F)cccc1Oc1cccnc1. The standard InChI is InChI=1S/C14H10FNO3/c15-12-4-1-5-13(11(12)6-7-14(17)18)19-10-3-2-8-16-9-10/h1-9H,(H,17,18)/b7-6+. The molecule has 0 spiro atoms. The van der Waals surface area contributed by atoms with Crippen molar-refractivity contribution in [1.29, 1.82) is 0 Å². The van der Waals surface area contributed by atoms with Gasteiger partial charge in [0, 0.05) is 12.3 Å². The van der Waals surface area contributed by atoms with E-state index in [1.807, 2.05) is 0 Å². The van der Waals surface area contributed by atoms with E-state index < -0.39 is 11.8 Å². The van der Waals surface area contributed by atoms with Gasteiger partial charge in [-0.3, -0.25) is 4.98 Å². The molecule has 1 aromatic carbocycles. The van der Waals surface area contributed by atoms with Crippen molar-refractivity contribution in [2.24, 2.45) is 0 Å². The first-order valence-corrected chi connectivity index (χ1v) is 5.44. The third kappa shape index (κ3) is 3.38. The molecule has 0 fully saturated rings. The number of carboxylic acids is 1. The number of hydrogen-bond acceptors (Lipinski definition) is 3. The molecule has 0 amide bonds. The molecule has 1 N–H and O–H groups in total. The number of rotatable bonds is 4. The maximum absolute atomic E-state index is 13.7.